The molecule has 24 heavy (non-hydrogen) atoms. The van der Waals surface area contributed by atoms with E-state index in [1.807, 2.05) is 13.8 Å². The number of hydrogen-bond donors (Lipinski definition) is 2. The predicted octanol–water partition coefficient (Wildman–Crippen LogP) is 5.03. The van der Waals surface area contributed by atoms with Crippen LogP contribution in [0.5, 0.6) is 0 Å². The molecule has 0 aromatic carbocycles. The van der Waals surface area contributed by atoms with Gasteiger partial charge in [-0.3, -0.25) is 4.79 Å². The number of carboxylic acids is 1. The first-order chi connectivity index (χ1) is 11.2. The molecule has 4 nitrogen and oxygen atoms in total. The Balaban J connectivity index is 3.49. The van der Waals surface area contributed by atoms with Gasteiger partial charge in [0.1, 0.15) is 0 Å². The maximum Gasteiger partial charge on any atom is 0.303 e. The van der Waals surface area contributed by atoms with Gasteiger partial charge >= 0.3 is 5.97 Å². The molecule has 0 radical (unpaired) electrons. The van der Waals surface area contributed by atoms with E-state index in [9.17, 15) is 4.79 Å². The second kappa shape index (κ2) is 12.7. The van der Waals surface area contributed by atoms with Crippen LogP contribution in [-0.4, -0.2) is 36.0 Å². The maximum atomic E-state index is 10.8. The van der Waals surface area contributed by atoms with Crippen molar-refractivity contribution in [3.63, 3.8) is 0 Å². The molecule has 0 fully saturated rings. The lowest BCUT2D eigenvalue weighted by atomic mass is 9.82. The van der Waals surface area contributed by atoms with Crippen LogP contribution in [0.3, 0.4) is 0 Å². The van der Waals surface area contributed by atoms with Crippen molar-refractivity contribution in [3.05, 3.63) is 0 Å². The molecule has 2 N–H and O–H groups in total. The quantitative estimate of drug-likeness (QED) is 0.385. The molecule has 0 rings (SSSR count). The lowest BCUT2D eigenvalue weighted by Gasteiger charge is -2.24. The van der Waals surface area contributed by atoms with Crippen LogP contribution in [0.25, 0.3) is 0 Å². The van der Waals surface area contributed by atoms with Crippen molar-refractivity contribution in [1.29, 1.82) is 0 Å². The van der Waals surface area contributed by atoms with Gasteiger partial charge in [-0.25, -0.2) is 0 Å². The molecule has 0 heterocycles. The summed E-state index contributed by atoms with van der Waals surface area (Å²) in [5, 5.41) is 17.7. The van der Waals surface area contributed by atoms with Gasteiger partial charge in [0.15, 0.2) is 0 Å². The molecule has 4 heteroatoms. The van der Waals surface area contributed by atoms with Gasteiger partial charge in [-0.1, -0.05) is 47.0 Å². The first-order valence-corrected chi connectivity index (χ1v) is 9.59. The average Bonchev–Trinajstić information content (AvgIpc) is 2.44. The van der Waals surface area contributed by atoms with Crippen LogP contribution < -0.4 is 0 Å². The normalized spacial score (nSPS) is 12.5. The fourth-order valence-electron chi connectivity index (χ4n) is 3.06. The summed E-state index contributed by atoms with van der Waals surface area (Å²) < 4.78 is 5.69. The zero-order valence-corrected chi connectivity index (χ0v) is 16.4. The number of carboxylic acid groups (broad SMARTS) is 1. The molecule has 0 aliphatic heterocycles. The summed E-state index contributed by atoms with van der Waals surface area (Å²) in [5.74, 6) is -0.712. The zero-order chi connectivity index (χ0) is 18.5. The van der Waals surface area contributed by atoms with Crippen LogP contribution in [0.2, 0.25) is 0 Å². The number of ether oxygens (including phenoxy) is 1. The van der Waals surface area contributed by atoms with E-state index in [0.29, 0.717) is 12.0 Å². The van der Waals surface area contributed by atoms with E-state index in [2.05, 4.69) is 13.8 Å². The van der Waals surface area contributed by atoms with Gasteiger partial charge < -0.3 is 14.9 Å². The van der Waals surface area contributed by atoms with Crippen LogP contribution >= 0.6 is 0 Å². The molecule has 0 atom stereocenters. The third kappa shape index (κ3) is 14.9. The first kappa shape index (κ1) is 23.4. The molecule has 0 saturated carbocycles. The lowest BCUT2D eigenvalue weighted by Crippen LogP contribution is -2.16. The summed E-state index contributed by atoms with van der Waals surface area (Å²) in [4.78, 5) is 10.8. The Hall–Kier alpha value is -0.610. The number of aliphatic hydroxyl groups excluding tert-OH is 1. The van der Waals surface area contributed by atoms with E-state index in [1.165, 1.54) is 19.3 Å². The predicted molar refractivity (Wildman–Crippen MR) is 99.3 cm³/mol. The van der Waals surface area contributed by atoms with Crippen molar-refractivity contribution >= 4 is 5.97 Å². The molecule has 0 amide bonds. The first-order valence-electron chi connectivity index (χ1n) is 9.59. The summed E-state index contributed by atoms with van der Waals surface area (Å²) in [6.07, 6.45) is 9.92. The Morgan fingerprint density at radius 3 is 1.71 bits per heavy atom. The molecule has 0 aromatic heterocycles. The van der Waals surface area contributed by atoms with Crippen molar-refractivity contribution in [1.82, 2.24) is 0 Å². The maximum absolute atomic E-state index is 10.8. The highest BCUT2D eigenvalue weighted by Gasteiger charge is 2.21. The third-order valence-corrected chi connectivity index (χ3v) is 4.68. The van der Waals surface area contributed by atoms with E-state index in [4.69, 9.17) is 14.9 Å². The summed E-state index contributed by atoms with van der Waals surface area (Å²) in [7, 11) is 0. The second-order valence-electron chi connectivity index (χ2n) is 8.61. The SMILES string of the molecule is CC(C)(CCCCO)CCCCOCCCCC(C)(C)CC(=O)O. The number of unbranched alkanes of at least 4 members (excludes halogenated alkanes) is 3. The van der Waals surface area contributed by atoms with E-state index >= 15 is 0 Å². The fourth-order valence-corrected chi connectivity index (χ4v) is 3.06. The Morgan fingerprint density at radius 1 is 0.792 bits per heavy atom. The monoisotopic (exact) mass is 344 g/mol. The van der Waals surface area contributed by atoms with Gasteiger partial charge in [0, 0.05) is 19.8 Å². The van der Waals surface area contributed by atoms with Crippen molar-refractivity contribution in [2.24, 2.45) is 10.8 Å². The molecular weight excluding hydrogens is 304 g/mol. The van der Waals surface area contributed by atoms with Gasteiger partial charge in [0.25, 0.3) is 0 Å². The molecular formula is C20H40O4. The number of hydrogen-bond acceptors (Lipinski definition) is 3. The average molecular weight is 345 g/mol. The standard InChI is InChI=1S/C20H40O4/c1-19(2,11-5-8-14-21)12-6-9-15-24-16-10-7-13-20(3,4)17-18(22)23/h21H,5-17H2,1-4H3,(H,22,23). The Labute approximate surface area is 149 Å². The van der Waals surface area contributed by atoms with Crippen molar-refractivity contribution in [3.8, 4) is 0 Å². The summed E-state index contributed by atoms with van der Waals surface area (Å²) in [6.45, 7) is 10.6. The van der Waals surface area contributed by atoms with E-state index < -0.39 is 5.97 Å². The van der Waals surface area contributed by atoms with Crippen LogP contribution in [0.4, 0.5) is 0 Å². The van der Waals surface area contributed by atoms with Crippen LogP contribution in [0.1, 0.15) is 91.9 Å². The molecule has 0 aromatic rings. The molecule has 0 unspecified atom stereocenters. The largest absolute Gasteiger partial charge is 0.481 e. The minimum Gasteiger partial charge on any atom is -0.481 e. The zero-order valence-electron chi connectivity index (χ0n) is 16.4. The Kier molecular flexibility index (Phi) is 12.4. The fraction of sp³-hybridized carbons (Fsp3) is 0.950. The number of aliphatic carboxylic acids is 1. The minimum absolute atomic E-state index is 0.118. The Morgan fingerprint density at radius 2 is 1.25 bits per heavy atom. The van der Waals surface area contributed by atoms with E-state index in [1.54, 1.807) is 0 Å². The number of aliphatic hydroxyl groups is 1. The van der Waals surface area contributed by atoms with Crippen LogP contribution in [0.15, 0.2) is 0 Å². The number of rotatable bonds is 16. The van der Waals surface area contributed by atoms with Gasteiger partial charge in [-0.05, 0) is 49.4 Å². The second-order valence-corrected chi connectivity index (χ2v) is 8.61. The van der Waals surface area contributed by atoms with Crippen LogP contribution in [-0.2, 0) is 9.53 Å². The van der Waals surface area contributed by atoms with E-state index in [0.717, 1.165) is 51.7 Å². The van der Waals surface area contributed by atoms with Crippen molar-refractivity contribution in [2.45, 2.75) is 91.9 Å². The van der Waals surface area contributed by atoms with Gasteiger partial charge in [0.2, 0.25) is 0 Å². The molecule has 0 bridgehead atoms. The highest BCUT2D eigenvalue weighted by atomic mass is 16.5. The topological polar surface area (TPSA) is 66.8 Å². The summed E-state index contributed by atoms with van der Waals surface area (Å²) in [5.41, 5.74) is 0.248. The van der Waals surface area contributed by atoms with Crippen molar-refractivity contribution in [2.75, 3.05) is 19.8 Å². The highest BCUT2D eigenvalue weighted by molar-refractivity contribution is 5.67. The minimum atomic E-state index is -0.712. The lowest BCUT2D eigenvalue weighted by molar-refractivity contribution is -0.139. The van der Waals surface area contributed by atoms with Crippen LogP contribution in [0, 0.1) is 10.8 Å². The van der Waals surface area contributed by atoms with Crippen molar-refractivity contribution < 1.29 is 19.7 Å². The molecule has 0 spiro atoms. The summed E-state index contributed by atoms with van der Waals surface area (Å²) >= 11 is 0. The van der Waals surface area contributed by atoms with E-state index in [-0.39, 0.29) is 11.8 Å². The molecule has 0 saturated heterocycles. The van der Waals surface area contributed by atoms with Gasteiger partial charge in [-0.2, -0.15) is 0 Å². The highest BCUT2D eigenvalue weighted by Crippen LogP contribution is 2.29. The number of carbonyl (C=O) groups is 1. The molecule has 0 aliphatic rings. The van der Waals surface area contributed by atoms with Gasteiger partial charge in [-0.15, -0.1) is 0 Å². The Bertz CT molecular complexity index is 324. The molecule has 0 aliphatic carbocycles. The third-order valence-electron chi connectivity index (χ3n) is 4.68. The summed E-state index contributed by atoms with van der Waals surface area (Å²) in [6, 6.07) is 0. The van der Waals surface area contributed by atoms with Gasteiger partial charge in [0.05, 0.1) is 6.42 Å². The molecule has 144 valence electrons. The smallest absolute Gasteiger partial charge is 0.303 e.